The summed E-state index contributed by atoms with van der Waals surface area (Å²) in [6.07, 6.45) is 0. The fourth-order valence-electron chi connectivity index (χ4n) is 0.618. The number of rotatable bonds is 1. The summed E-state index contributed by atoms with van der Waals surface area (Å²) in [5.74, 6) is 0. The van der Waals surface area contributed by atoms with Crippen LogP contribution in [0, 0.1) is 17.0 Å². The molecule has 0 unspecified atom stereocenters. The van der Waals surface area contributed by atoms with Crippen LogP contribution in [-0.2, 0) is 0 Å². The average molecular weight is 436 g/mol. The number of hydrogen-bond donors (Lipinski definition) is 0. The van der Waals surface area contributed by atoms with Crippen LogP contribution in [0.5, 0.6) is 0 Å². The summed E-state index contributed by atoms with van der Waals surface area (Å²) in [7, 11) is -18.0. The van der Waals surface area contributed by atoms with Gasteiger partial charge in [0.25, 0.3) is 0 Å². The number of halogens is 12. The van der Waals surface area contributed by atoms with Crippen molar-refractivity contribution >= 4 is 27.5 Å². The van der Waals surface area contributed by atoms with Crippen molar-refractivity contribution in [1.82, 2.24) is 0 Å². The van der Waals surface area contributed by atoms with Crippen molar-refractivity contribution in [1.29, 1.82) is 0 Å². The molecular formula is C7H6B3F12KNO2-3. The fraction of sp³-hybridized carbons (Fsp3) is 0. The van der Waals surface area contributed by atoms with E-state index in [2.05, 4.69) is 6.92 Å². The average Bonchev–Trinajstić information content (AvgIpc) is 2.22. The second-order valence-corrected chi connectivity index (χ2v) is 3.41. The summed E-state index contributed by atoms with van der Waals surface area (Å²) in [5.41, 5.74) is 0.887. The zero-order valence-electron chi connectivity index (χ0n) is 12.5. The Bertz CT molecular complexity index is 445. The summed E-state index contributed by atoms with van der Waals surface area (Å²) in [6.45, 7) is 3.60. The molecule has 0 aliphatic rings. The molecule has 0 aliphatic heterocycles. The van der Waals surface area contributed by atoms with E-state index in [1.54, 1.807) is 12.1 Å². The predicted molar refractivity (Wildman–Crippen MR) is 68.1 cm³/mol. The van der Waals surface area contributed by atoms with E-state index < -0.39 is 26.7 Å². The van der Waals surface area contributed by atoms with E-state index in [1.165, 1.54) is 12.1 Å². The monoisotopic (exact) mass is 436 g/mol. The van der Waals surface area contributed by atoms with E-state index in [4.69, 9.17) is 0 Å². The van der Waals surface area contributed by atoms with Gasteiger partial charge >= 0.3 is 73.1 Å². The Labute approximate surface area is 181 Å². The third-order valence-corrected chi connectivity index (χ3v) is 1.15. The van der Waals surface area contributed by atoms with E-state index in [0.29, 0.717) is 0 Å². The van der Waals surface area contributed by atoms with Crippen LogP contribution in [0.3, 0.4) is 0 Å². The quantitative estimate of drug-likeness (QED) is 0.224. The third kappa shape index (κ3) is 65.3. The summed E-state index contributed by atoms with van der Waals surface area (Å²) >= 11 is 0. The molecule has 1 rings (SSSR count). The number of hydrogen-bond acceptors (Lipinski definition) is 2. The van der Waals surface area contributed by atoms with Crippen LogP contribution in [0.25, 0.3) is 0 Å². The van der Waals surface area contributed by atoms with Crippen molar-refractivity contribution in [2.75, 3.05) is 0 Å². The second kappa shape index (κ2) is 14.5. The summed E-state index contributed by atoms with van der Waals surface area (Å²) in [4.78, 5) is 9.67. The molecule has 1 aromatic rings. The SMILES string of the molecule is F[B-](F)(F)F.F[B-](F)(F)F.F[B-](F)(F)F.[CH2-]c1ccc([N+](=O)[O-])cc1.[K+]. The minimum atomic E-state index is -6.00. The standard InChI is InChI=1S/C7H6NO2.3BF4.K/c1-6-2-4-7(5-3-6)8(9)10;3*2-1(3,4)5;/h2-5H,1H2;;;;/q4*-1;+1. The zero-order valence-corrected chi connectivity index (χ0v) is 15.7. The van der Waals surface area contributed by atoms with Crippen molar-refractivity contribution in [2.24, 2.45) is 0 Å². The Kier molecular flexibility index (Phi) is 18.5. The molecule has 0 radical (unpaired) electrons. The Morgan fingerprint density at radius 1 is 0.692 bits per heavy atom. The van der Waals surface area contributed by atoms with E-state index in [-0.39, 0.29) is 57.1 Å². The third-order valence-electron chi connectivity index (χ3n) is 1.15. The zero-order chi connectivity index (χ0) is 21.1. The molecule has 0 saturated carbocycles. The molecule has 0 fully saturated rings. The van der Waals surface area contributed by atoms with Gasteiger partial charge in [0, 0.05) is 0 Å². The van der Waals surface area contributed by atoms with E-state index in [9.17, 15) is 61.9 Å². The van der Waals surface area contributed by atoms with Crippen LogP contribution < -0.4 is 51.4 Å². The van der Waals surface area contributed by atoms with Crippen molar-refractivity contribution in [3.8, 4) is 0 Å². The first-order valence-corrected chi connectivity index (χ1v) is 5.38. The van der Waals surface area contributed by atoms with Gasteiger partial charge < -0.3 is 51.8 Å². The minimum Gasteiger partial charge on any atom is -0.418 e. The van der Waals surface area contributed by atoms with Gasteiger partial charge in [-0.2, -0.15) is 24.6 Å². The number of benzene rings is 1. The van der Waals surface area contributed by atoms with Crippen LogP contribution in [0.2, 0.25) is 0 Å². The van der Waals surface area contributed by atoms with Gasteiger partial charge in [-0.15, -0.1) is 0 Å². The van der Waals surface area contributed by atoms with Gasteiger partial charge in [-0.1, -0.05) is 0 Å². The summed E-state index contributed by atoms with van der Waals surface area (Å²) in [5, 5.41) is 10.1. The first-order chi connectivity index (χ1) is 10.7. The predicted octanol–water partition coefficient (Wildman–Crippen LogP) is 2.68. The molecule has 0 bridgehead atoms. The first kappa shape index (κ1) is 33.1. The number of nitro benzene ring substituents is 1. The molecule has 26 heavy (non-hydrogen) atoms. The number of non-ortho nitro benzene ring substituents is 1. The van der Waals surface area contributed by atoms with Crippen molar-refractivity contribution in [2.45, 2.75) is 0 Å². The van der Waals surface area contributed by atoms with Crippen LogP contribution in [0.4, 0.5) is 57.5 Å². The molecule has 0 saturated heterocycles. The molecule has 1 aromatic carbocycles. The topological polar surface area (TPSA) is 43.1 Å². The van der Waals surface area contributed by atoms with E-state index >= 15 is 0 Å². The maximum atomic E-state index is 10.1. The van der Waals surface area contributed by atoms with Gasteiger partial charge in [-0.05, 0) is 12.1 Å². The minimum absolute atomic E-state index is 0. The van der Waals surface area contributed by atoms with Gasteiger partial charge in [-0.3, -0.25) is 10.1 Å². The molecular weight excluding hydrogens is 430 g/mol. The normalized spacial score (nSPS) is 10.5. The van der Waals surface area contributed by atoms with Gasteiger partial charge in [-0.25, -0.2) is 0 Å². The molecule has 19 heteroatoms. The number of nitrogens with zero attached hydrogens (tertiary/aromatic N) is 1. The summed E-state index contributed by atoms with van der Waals surface area (Å²) < 4.78 is 117. The molecule has 0 aliphatic carbocycles. The molecule has 0 spiro atoms. The Hall–Kier alpha value is -0.519. The van der Waals surface area contributed by atoms with Crippen LogP contribution in [0.15, 0.2) is 24.3 Å². The van der Waals surface area contributed by atoms with E-state index in [1.807, 2.05) is 0 Å². The molecule has 0 aromatic heterocycles. The van der Waals surface area contributed by atoms with Crippen molar-refractivity contribution in [3.63, 3.8) is 0 Å². The van der Waals surface area contributed by atoms with Crippen molar-refractivity contribution < 1.29 is 108 Å². The second-order valence-electron chi connectivity index (χ2n) is 3.41. The molecule has 0 heterocycles. The Balaban J connectivity index is -0.000000132. The van der Waals surface area contributed by atoms with Crippen molar-refractivity contribution in [3.05, 3.63) is 46.9 Å². The molecule has 148 valence electrons. The maximum absolute atomic E-state index is 10.1. The van der Waals surface area contributed by atoms with Gasteiger partial charge in [0.2, 0.25) is 5.69 Å². The van der Waals surface area contributed by atoms with E-state index in [0.717, 1.165) is 5.56 Å². The summed E-state index contributed by atoms with van der Waals surface area (Å²) in [6, 6.07) is 6.08. The Morgan fingerprint density at radius 3 is 1.04 bits per heavy atom. The smallest absolute Gasteiger partial charge is 0.418 e. The van der Waals surface area contributed by atoms with Crippen LogP contribution in [-0.4, -0.2) is 26.7 Å². The maximum Gasteiger partial charge on any atom is 1.00 e. The molecule has 3 nitrogen and oxygen atoms in total. The molecule has 0 atom stereocenters. The first-order valence-electron chi connectivity index (χ1n) is 5.38. The number of nitro groups is 1. The van der Waals surface area contributed by atoms with Gasteiger partial charge in [0.1, 0.15) is 0 Å². The van der Waals surface area contributed by atoms with Crippen LogP contribution >= 0.6 is 0 Å². The molecule has 0 N–H and O–H groups in total. The largest absolute Gasteiger partial charge is 1.00 e. The van der Waals surface area contributed by atoms with Gasteiger partial charge in [0.15, 0.2) is 0 Å². The Morgan fingerprint density at radius 2 is 0.885 bits per heavy atom. The fourth-order valence-corrected chi connectivity index (χ4v) is 0.618. The van der Waals surface area contributed by atoms with Crippen LogP contribution in [0.1, 0.15) is 5.56 Å². The molecule has 0 amide bonds. The van der Waals surface area contributed by atoms with Gasteiger partial charge in [0.05, 0.1) is 4.92 Å².